The minimum absolute atomic E-state index is 0.118. The van der Waals surface area contributed by atoms with Gasteiger partial charge in [-0.3, -0.25) is 9.69 Å². The second kappa shape index (κ2) is 7.97. The summed E-state index contributed by atoms with van der Waals surface area (Å²) in [4.78, 5) is 15.2. The molecule has 4 nitrogen and oxygen atoms in total. The standard InChI is InChI=1S/C24H17NO3S2/c26-23-21(30-24(29)25(23)15-19-10-6-12-27-19)14-18-13-17-9-4-5-11-20(17)28-22(18)16-7-2-1-3-8-16/h1-14,22H,15H2. The van der Waals surface area contributed by atoms with Crippen LogP contribution in [0, 0.1) is 0 Å². The topological polar surface area (TPSA) is 42.7 Å². The van der Waals surface area contributed by atoms with E-state index in [0.29, 0.717) is 21.5 Å². The lowest BCUT2D eigenvalue weighted by molar-refractivity contribution is -0.122. The third-order valence-corrected chi connectivity index (χ3v) is 6.33. The summed E-state index contributed by atoms with van der Waals surface area (Å²) in [5.74, 6) is 1.41. The number of benzene rings is 2. The van der Waals surface area contributed by atoms with Gasteiger partial charge in [0.25, 0.3) is 5.91 Å². The summed E-state index contributed by atoms with van der Waals surface area (Å²) in [6.07, 6.45) is 5.27. The number of ether oxygens (including phenoxy) is 1. The van der Waals surface area contributed by atoms with E-state index in [0.717, 1.165) is 22.4 Å². The maximum absolute atomic E-state index is 13.0. The molecule has 6 heteroatoms. The van der Waals surface area contributed by atoms with Gasteiger partial charge >= 0.3 is 0 Å². The molecule has 1 amide bonds. The van der Waals surface area contributed by atoms with Gasteiger partial charge in [0.15, 0.2) is 0 Å². The number of hydrogen-bond acceptors (Lipinski definition) is 5. The number of nitrogens with zero attached hydrogens (tertiary/aromatic N) is 1. The largest absolute Gasteiger partial charge is 0.480 e. The molecule has 0 bridgehead atoms. The first-order chi connectivity index (χ1) is 14.7. The Kier molecular flexibility index (Phi) is 5.02. The first kappa shape index (κ1) is 18.9. The number of hydrogen-bond donors (Lipinski definition) is 0. The predicted molar refractivity (Wildman–Crippen MR) is 122 cm³/mol. The molecule has 2 aliphatic heterocycles. The Morgan fingerprint density at radius 1 is 1.03 bits per heavy atom. The monoisotopic (exact) mass is 431 g/mol. The van der Waals surface area contributed by atoms with Crippen LogP contribution in [0.25, 0.3) is 6.08 Å². The molecule has 1 atom stereocenters. The summed E-state index contributed by atoms with van der Waals surface area (Å²) in [7, 11) is 0. The molecule has 30 heavy (non-hydrogen) atoms. The number of fused-ring (bicyclic) bond motifs is 1. The highest BCUT2D eigenvalue weighted by atomic mass is 32.2. The van der Waals surface area contributed by atoms with Crippen LogP contribution in [0.1, 0.15) is 23.0 Å². The van der Waals surface area contributed by atoms with E-state index in [9.17, 15) is 4.79 Å². The van der Waals surface area contributed by atoms with Crippen LogP contribution < -0.4 is 4.74 Å². The van der Waals surface area contributed by atoms with Crippen LogP contribution in [0.2, 0.25) is 0 Å². The fourth-order valence-corrected chi connectivity index (χ4v) is 4.76. The molecule has 148 valence electrons. The Balaban J connectivity index is 1.50. The van der Waals surface area contributed by atoms with E-state index >= 15 is 0 Å². The number of thiocarbonyl (C=S) groups is 1. The highest BCUT2D eigenvalue weighted by molar-refractivity contribution is 8.26. The van der Waals surface area contributed by atoms with Crippen molar-refractivity contribution >= 4 is 40.3 Å². The molecule has 1 unspecified atom stereocenters. The summed E-state index contributed by atoms with van der Waals surface area (Å²) >= 11 is 6.76. The Morgan fingerprint density at radius 3 is 2.63 bits per heavy atom. The van der Waals surface area contributed by atoms with E-state index < -0.39 is 0 Å². The molecule has 2 aromatic carbocycles. The zero-order valence-electron chi connectivity index (χ0n) is 15.9. The van der Waals surface area contributed by atoms with E-state index in [4.69, 9.17) is 21.4 Å². The molecule has 0 radical (unpaired) electrons. The van der Waals surface area contributed by atoms with E-state index in [-0.39, 0.29) is 12.0 Å². The van der Waals surface area contributed by atoms with Crippen LogP contribution in [0.4, 0.5) is 0 Å². The Hall–Kier alpha value is -3.09. The second-order valence-electron chi connectivity index (χ2n) is 6.94. The number of rotatable bonds is 4. The first-order valence-corrected chi connectivity index (χ1v) is 10.7. The molecule has 1 saturated heterocycles. The smallest absolute Gasteiger partial charge is 0.266 e. The number of amides is 1. The van der Waals surface area contributed by atoms with Gasteiger partial charge < -0.3 is 9.15 Å². The Morgan fingerprint density at radius 2 is 1.83 bits per heavy atom. The summed E-state index contributed by atoms with van der Waals surface area (Å²) in [5, 5.41) is 0. The number of furan rings is 1. The van der Waals surface area contributed by atoms with Crippen LogP contribution in [-0.4, -0.2) is 15.1 Å². The van der Waals surface area contributed by atoms with Gasteiger partial charge in [-0.25, -0.2) is 0 Å². The SMILES string of the molecule is O=C1C(=CC2=Cc3ccccc3OC2c2ccccc2)SC(=S)N1Cc1ccco1. The molecule has 3 heterocycles. The maximum Gasteiger partial charge on any atom is 0.266 e. The molecule has 3 aromatic rings. The molecular formula is C24H17NO3S2. The lowest BCUT2D eigenvalue weighted by Crippen LogP contribution is -2.27. The van der Waals surface area contributed by atoms with E-state index in [2.05, 4.69) is 6.08 Å². The Bertz CT molecular complexity index is 1170. The molecule has 0 N–H and O–H groups in total. The fourth-order valence-electron chi connectivity index (χ4n) is 3.51. The number of carbonyl (C=O) groups is 1. The molecule has 1 fully saturated rings. The van der Waals surface area contributed by atoms with E-state index in [1.165, 1.54) is 11.8 Å². The first-order valence-electron chi connectivity index (χ1n) is 9.49. The van der Waals surface area contributed by atoms with Gasteiger partial charge in [0.2, 0.25) is 0 Å². The zero-order valence-corrected chi connectivity index (χ0v) is 17.5. The van der Waals surface area contributed by atoms with Crippen molar-refractivity contribution < 1.29 is 13.9 Å². The molecule has 0 spiro atoms. The van der Waals surface area contributed by atoms with Crippen molar-refractivity contribution in [3.63, 3.8) is 0 Å². The van der Waals surface area contributed by atoms with Crippen LogP contribution in [0.5, 0.6) is 5.75 Å². The fraction of sp³-hybridized carbons (Fsp3) is 0.0833. The summed E-state index contributed by atoms with van der Waals surface area (Å²) < 4.78 is 12.2. The third kappa shape index (κ3) is 3.60. The molecule has 0 aliphatic carbocycles. The minimum atomic E-state index is -0.297. The van der Waals surface area contributed by atoms with Crippen molar-refractivity contribution in [1.29, 1.82) is 0 Å². The summed E-state index contributed by atoms with van der Waals surface area (Å²) in [5.41, 5.74) is 2.93. The lowest BCUT2D eigenvalue weighted by atomic mass is 9.95. The number of para-hydroxylation sites is 1. The minimum Gasteiger partial charge on any atom is -0.480 e. The second-order valence-corrected chi connectivity index (χ2v) is 8.61. The van der Waals surface area contributed by atoms with Crippen LogP contribution in [-0.2, 0) is 11.3 Å². The quantitative estimate of drug-likeness (QED) is 0.389. The van der Waals surface area contributed by atoms with Gasteiger partial charge in [0.1, 0.15) is 21.9 Å². The van der Waals surface area contributed by atoms with Crippen molar-refractivity contribution in [3.8, 4) is 5.75 Å². The van der Waals surface area contributed by atoms with Crippen molar-refractivity contribution in [2.75, 3.05) is 0 Å². The highest BCUT2D eigenvalue weighted by Gasteiger charge is 2.34. The van der Waals surface area contributed by atoms with Gasteiger partial charge in [-0.05, 0) is 41.5 Å². The summed E-state index contributed by atoms with van der Waals surface area (Å²) in [6.45, 7) is 0.329. The predicted octanol–water partition coefficient (Wildman–Crippen LogP) is 5.74. The Labute approximate surface area is 183 Å². The van der Waals surface area contributed by atoms with Crippen molar-refractivity contribution in [3.05, 3.63) is 106 Å². The molecule has 2 aliphatic rings. The maximum atomic E-state index is 13.0. The van der Waals surface area contributed by atoms with Crippen LogP contribution in [0.15, 0.2) is 94.0 Å². The zero-order chi connectivity index (χ0) is 20.5. The van der Waals surface area contributed by atoms with Crippen molar-refractivity contribution in [1.82, 2.24) is 4.90 Å². The average molecular weight is 432 g/mol. The van der Waals surface area contributed by atoms with Crippen molar-refractivity contribution in [2.45, 2.75) is 12.6 Å². The number of carbonyl (C=O) groups excluding carboxylic acids is 1. The van der Waals surface area contributed by atoms with Crippen molar-refractivity contribution in [2.24, 2.45) is 0 Å². The van der Waals surface area contributed by atoms with Gasteiger partial charge in [-0.15, -0.1) is 0 Å². The van der Waals surface area contributed by atoms with Gasteiger partial charge in [0.05, 0.1) is 17.7 Å². The van der Waals surface area contributed by atoms with Crippen LogP contribution >= 0.6 is 24.0 Å². The van der Waals surface area contributed by atoms with E-state index in [1.54, 1.807) is 17.2 Å². The normalized spacial score (nSPS) is 19.6. The molecular weight excluding hydrogens is 414 g/mol. The third-order valence-electron chi connectivity index (χ3n) is 4.96. The average Bonchev–Trinajstić information content (AvgIpc) is 3.38. The highest BCUT2D eigenvalue weighted by Crippen LogP contribution is 2.41. The number of thioether (sulfide) groups is 1. The van der Waals surface area contributed by atoms with Gasteiger partial charge in [0, 0.05) is 5.56 Å². The molecule has 5 rings (SSSR count). The summed E-state index contributed by atoms with van der Waals surface area (Å²) in [6, 6.07) is 21.5. The molecule has 0 saturated carbocycles. The molecule has 1 aromatic heterocycles. The van der Waals surface area contributed by atoms with Crippen LogP contribution in [0.3, 0.4) is 0 Å². The van der Waals surface area contributed by atoms with Gasteiger partial charge in [-0.2, -0.15) is 0 Å². The van der Waals surface area contributed by atoms with Gasteiger partial charge in [-0.1, -0.05) is 72.5 Å². The van der Waals surface area contributed by atoms with E-state index in [1.807, 2.05) is 66.7 Å². The lowest BCUT2D eigenvalue weighted by Gasteiger charge is -2.26.